The molecule has 2 aromatic rings. The number of Topliss-reactive ketones (excluding diaryl/α,β-unsaturated/α-hetero) is 1. The van der Waals surface area contributed by atoms with Crippen molar-refractivity contribution in [1.82, 2.24) is 0 Å². The molecular formula is C22H20O8. The maximum absolute atomic E-state index is 13.2. The van der Waals surface area contributed by atoms with Crippen LogP contribution in [0.25, 0.3) is 0 Å². The van der Waals surface area contributed by atoms with Crippen molar-refractivity contribution in [2.75, 3.05) is 7.11 Å². The molecule has 2 unspecified atom stereocenters. The number of hydrogen-bond acceptors (Lipinski definition) is 8. The second kappa shape index (κ2) is 6.65. The fourth-order valence-corrected chi connectivity index (χ4v) is 4.49. The van der Waals surface area contributed by atoms with E-state index in [1.165, 1.54) is 25.3 Å². The fourth-order valence-electron chi connectivity index (χ4n) is 4.49. The lowest BCUT2D eigenvalue weighted by molar-refractivity contribution is -0.141. The minimum absolute atomic E-state index is 0.000818. The van der Waals surface area contributed by atoms with Crippen molar-refractivity contribution in [2.45, 2.75) is 37.9 Å². The minimum Gasteiger partial charge on any atom is -0.507 e. The summed E-state index contributed by atoms with van der Waals surface area (Å²) in [6.45, 7) is 1.55. The highest BCUT2D eigenvalue weighted by Gasteiger charge is 2.47. The molecular weight excluding hydrogens is 392 g/mol. The number of hydrogen-bond donors (Lipinski definition) is 4. The van der Waals surface area contributed by atoms with Gasteiger partial charge in [-0.05, 0) is 6.07 Å². The number of rotatable bonds is 3. The van der Waals surface area contributed by atoms with Crippen molar-refractivity contribution in [3.8, 4) is 17.2 Å². The summed E-state index contributed by atoms with van der Waals surface area (Å²) in [5, 5.41) is 43.1. The molecule has 8 heteroatoms. The molecule has 0 fully saturated rings. The molecule has 0 heterocycles. The summed E-state index contributed by atoms with van der Waals surface area (Å²) in [7, 11) is 1.34. The van der Waals surface area contributed by atoms with E-state index in [9.17, 15) is 34.8 Å². The zero-order valence-corrected chi connectivity index (χ0v) is 16.4. The Kier molecular flexibility index (Phi) is 4.44. The summed E-state index contributed by atoms with van der Waals surface area (Å²) < 4.78 is 5.18. The molecule has 4 N–H and O–H groups in total. The highest BCUT2D eigenvalue weighted by Crippen LogP contribution is 2.51. The molecule has 2 aromatic carbocycles. The van der Waals surface area contributed by atoms with Crippen molar-refractivity contribution in [3.05, 3.63) is 51.6 Å². The van der Waals surface area contributed by atoms with Gasteiger partial charge in [0.2, 0.25) is 5.78 Å². The van der Waals surface area contributed by atoms with Crippen LogP contribution in [0.1, 0.15) is 68.8 Å². The lowest BCUT2D eigenvalue weighted by Crippen LogP contribution is -2.45. The van der Waals surface area contributed by atoms with E-state index < -0.39 is 64.5 Å². The summed E-state index contributed by atoms with van der Waals surface area (Å²) in [5.74, 6) is -3.13. The second-order valence-corrected chi connectivity index (χ2v) is 7.59. The first-order valence-corrected chi connectivity index (χ1v) is 9.47. The Hall–Kier alpha value is -3.23. The maximum Gasteiger partial charge on any atom is 0.202 e. The zero-order valence-electron chi connectivity index (χ0n) is 16.4. The van der Waals surface area contributed by atoms with Crippen LogP contribution in [-0.2, 0) is 11.2 Å². The van der Waals surface area contributed by atoms with Crippen molar-refractivity contribution >= 4 is 17.3 Å². The van der Waals surface area contributed by atoms with E-state index in [2.05, 4.69) is 0 Å². The van der Waals surface area contributed by atoms with Crippen LogP contribution < -0.4 is 4.74 Å². The van der Waals surface area contributed by atoms with Gasteiger partial charge in [-0.3, -0.25) is 14.4 Å². The number of carbonyl (C=O) groups excluding carboxylic acids is 3. The molecule has 0 aliphatic heterocycles. The molecule has 0 aromatic heterocycles. The first-order chi connectivity index (χ1) is 14.2. The van der Waals surface area contributed by atoms with Crippen LogP contribution in [0.15, 0.2) is 18.2 Å². The number of phenolic OH excluding ortho intramolecular Hbond substituents is 2. The molecule has 2 aliphatic rings. The molecule has 0 amide bonds. The van der Waals surface area contributed by atoms with Crippen LogP contribution in [0.2, 0.25) is 0 Å². The largest absolute Gasteiger partial charge is 0.507 e. The molecule has 156 valence electrons. The standard InChI is InChI=1S/C22H20O8/c1-3-13(24)22(29)7-10-14(11(23)8-22)20(27)17-16(19(10)26)18(25)9-5-4-6-12(30-2)15(9)21(17)28/h4-6,11,23,26-27,29H,3,7-8H2,1-2H3. The van der Waals surface area contributed by atoms with Crippen LogP contribution in [0, 0.1) is 0 Å². The minimum atomic E-state index is -1.96. The Morgan fingerprint density at radius 2 is 1.80 bits per heavy atom. The van der Waals surface area contributed by atoms with Crippen molar-refractivity contribution in [2.24, 2.45) is 0 Å². The Morgan fingerprint density at radius 1 is 1.13 bits per heavy atom. The van der Waals surface area contributed by atoms with E-state index in [1.807, 2.05) is 0 Å². The summed E-state index contributed by atoms with van der Waals surface area (Å²) in [6.07, 6.45) is -2.32. The summed E-state index contributed by atoms with van der Waals surface area (Å²) >= 11 is 0. The Labute approximate surface area is 171 Å². The number of benzene rings is 2. The molecule has 4 rings (SSSR count). The van der Waals surface area contributed by atoms with Gasteiger partial charge in [-0.25, -0.2) is 0 Å². The number of methoxy groups -OCH3 is 1. The topological polar surface area (TPSA) is 141 Å². The van der Waals surface area contributed by atoms with Gasteiger partial charge < -0.3 is 25.2 Å². The van der Waals surface area contributed by atoms with E-state index in [4.69, 9.17) is 4.74 Å². The highest BCUT2D eigenvalue weighted by atomic mass is 16.5. The van der Waals surface area contributed by atoms with Crippen LogP contribution in [-0.4, -0.2) is 50.5 Å². The first kappa shape index (κ1) is 20.1. The number of carbonyl (C=O) groups is 3. The Balaban J connectivity index is 2.01. The quantitative estimate of drug-likeness (QED) is 0.475. The lowest BCUT2D eigenvalue weighted by atomic mass is 9.71. The molecule has 0 saturated heterocycles. The van der Waals surface area contributed by atoms with Gasteiger partial charge in [0.05, 0.1) is 29.9 Å². The number of fused-ring (bicyclic) bond motifs is 3. The molecule has 30 heavy (non-hydrogen) atoms. The molecule has 0 spiro atoms. The number of ketones is 3. The van der Waals surface area contributed by atoms with E-state index in [0.717, 1.165) is 0 Å². The van der Waals surface area contributed by atoms with Crippen LogP contribution in [0.3, 0.4) is 0 Å². The summed E-state index contributed by atoms with van der Waals surface area (Å²) in [5.41, 5.74) is -3.15. The molecule has 2 atom stereocenters. The number of aliphatic hydroxyl groups excluding tert-OH is 1. The van der Waals surface area contributed by atoms with Gasteiger partial charge >= 0.3 is 0 Å². The van der Waals surface area contributed by atoms with E-state index in [1.54, 1.807) is 6.92 Å². The zero-order chi connectivity index (χ0) is 22.0. The number of ether oxygens (including phenoxy) is 1. The van der Waals surface area contributed by atoms with E-state index in [-0.39, 0.29) is 34.4 Å². The Morgan fingerprint density at radius 3 is 2.43 bits per heavy atom. The predicted molar refractivity (Wildman–Crippen MR) is 103 cm³/mol. The molecule has 0 saturated carbocycles. The van der Waals surface area contributed by atoms with Crippen molar-refractivity contribution in [3.63, 3.8) is 0 Å². The normalized spacial score (nSPS) is 22.2. The number of aromatic hydroxyl groups is 2. The molecule has 2 aliphatic carbocycles. The molecule has 0 bridgehead atoms. The third kappa shape index (κ3) is 2.50. The maximum atomic E-state index is 13.2. The first-order valence-electron chi connectivity index (χ1n) is 9.47. The predicted octanol–water partition coefficient (Wildman–Crippen LogP) is 1.57. The molecule has 8 nitrogen and oxygen atoms in total. The van der Waals surface area contributed by atoms with Crippen molar-refractivity contribution in [1.29, 1.82) is 0 Å². The monoisotopic (exact) mass is 412 g/mol. The van der Waals surface area contributed by atoms with Gasteiger partial charge in [0.25, 0.3) is 0 Å². The van der Waals surface area contributed by atoms with Crippen LogP contribution in [0.4, 0.5) is 0 Å². The Bertz CT molecular complexity index is 1130. The summed E-state index contributed by atoms with van der Waals surface area (Å²) in [4.78, 5) is 38.6. The van der Waals surface area contributed by atoms with Gasteiger partial charge in [-0.2, -0.15) is 0 Å². The van der Waals surface area contributed by atoms with Gasteiger partial charge in [0, 0.05) is 36.0 Å². The van der Waals surface area contributed by atoms with E-state index >= 15 is 0 Å². The van der Waals surface area contributed by atoms with Gasteiger partial charge in [-0.1, -0.05) is 19.1 Å². The number of aliphatic hydroxyl groups is 2. The van der Waals surface area contributed by atoms with Crippen LogP contribution in [0.5, 0.6) is 17.2 Å². The summed E-state index contributed by atoms with van der Waals surface area (Å²) in [6, 6.07) is 4.42. The highest BCUT2D eigenvalue weighted by molar-refractivity contribution is 6.31. The van der Waals surface area contributed by atoms with E-state index in [0.29, 0.717) is 0 Å². The van der Waals surface area contributed by atoms with Gasteiger partial charge in [0.1, 0.15) is 22.8 Å². The third-order valence-electron chi connectivity index (χ3n) is 5.94. The average Bonchev–Trinajstić information content (AvgIpc) is 2.72. The SMILES string of the molecule is CCC(=O)C1(O)Cc2c(O)c3c(c(O)c2C(O)C1)C(=O)c1c(OC)cccc1C3=O. The average molecular weight is 412 g/mol. The number of phenols is 2. The lowest BCUT2D eigenvalue weighted by Gasteiger charge is -2.37. The van der Waals surface area contributed by atoms with Gasteiger partial charge in [-0.15, -0.1) is 0 Å². The molecule has 0 radical (unpaired) electrons. The fraction of sp³-hybridized carbons (Fsp3) is 0.318. The van der Waals surface area contributed by atoms with Crippen LogP contribution >= 0.6 is 0 Å². The third-order valence-corrected chi connectivity index (χ3v) is 5.94. The second-order valence-electron chi connectivity index (χ2n) is 7.59. The van der Waals surface area contributed by atoms with Gasteiger partial charge in [0.15, 0.2) is 11.6 Å². The van der Waals surface area contributed by atoms with Crippen molar-refractivity contribution < 1.29 is 39.5 Å². The smallest absolute Gasteiger partial charge is 0.202 e.